The molecule has 1 N–H and O–H groups in total. The molecular weight excluding hydrogens is 246 g/mol. The zero-order valence-electron chi connectivity index (χ0n) is 9.47. The molecule has 3 nitrogen and oxygen atoms in total. The van der Waals surface area contributed by atoms with E-state index in [0.29, 0.717) is 5.02 Å². The first-order valence-electron chi connectivity index (χ1n) is 5.55. The number of anilines is 2. The van der Waals surface area contributed by atoms with Gasteiger partial charge in [0, 0.05) is 22.8 Å². The average molecular weight is 256 g/mol. The molecule has 0 aliphatic heterocycles. The van der Waals surface area contributed by atoms with E-state index < -0.39 is 0 Å². The van der Waals surface area contributed by atoms with Gasteiger partial charge in [0.15, 0.2) is 0 Å². The van der Waals surface area contributed by atoms with Crippen molar-refractivity contribution in [3.8, 4) is 0 Å². The van der Waals surface area contributed by atoms with Gasteiger partial charge < -0.3 is 5.32 Å². The SMILES string of the molecule is Clc1ccc2c(Nc3ccccn3)ccnc2c1. The predicted octanol–water partition coefficient (Wildman–Crippen LogP) is 4.03. The van der Waals surface area contributed by atoms with Crippen LogP contribution in [0.5, 0.6) is 0 Å². The number of nitrogens with one attached hydrogen (secondary N) is 1. The van der Waals surface area contributed by atoms with Crippen LogP contribution in [0.4, 0.5) is 11.5 Å². The summed E-state index contributed by atoms with van der Waals surface area (Å²) < 4.78 is 0. The van der Waals surface area contributed by atoms with Gasteiger partial charge in [0.1, 0.15) is 5.82 Å². The highest BCUT2D eigenvalue weighted by atomic mass is 35.5. The number of benzene rings is 1. The van der Waals surface area contributed by atoms with Crippen molar-refractivity contribution in [3.63, 3.8) is 0 Å². The molecule has 0 spiro atoms. The molecule has 2 aromatic heterocycles. The molecule has 0 bridgehead atoms. The topological polar surface area (TPSA) is 37.8 Å². The molecule has 0 fully saturated rings. The van der Waals surface area contributed by atoms with E-state index in [2.05, 4.69) is 15.3 Å². The minimum absolute atomic E-state index is 0.685. The molecule has 3 rings (SSSR count). The standard InChI is InChI=1S/C14H10ClN3/c15-10-4-5-11-12(6-8-16-13(11)9-10)18-14-3-1-2-7-17-14/h1-9H,(H,16,17,18). The van der Waals surface area contributed by atoms with Crippen LogP contribution in [0.3, 0.4) is 0 Å². The molecule has 18 heavy (non-hydrogen) atoms. The molecule has 0 atom stereocenters. The quantitative estimate of drug-likeness (QED) is 0.751. The number of pyridine rings is 2. The van der Waals surface area contributed by atoms with Crippen molar-refractivity contribution in [2.45, 2.75) is 0 Å². The second-order valence-electron chi connectivity index (χ2n) is 3.86. The molecule has 4 heteroatoms. The molecular formula is C14H10ClN3. The average Bonchev–Trinajstić information content (AvgIpc) is 2.40. The van der Waals surface area contributed by atoms with Gasteiger partial charge in [-0.25, -0.2) is 4.98 Å². The molecule has 0 saturated heterocycles. The third kappa shape index (κ3) is 2.13. The highest BCUT2D eigenvalue weighted by Gasteiger charge is 2.03. The van der Waals surface area contributed by atoms with E-state index in [1.807, 2.05) is 42.5 Å². The van der Waals surface area contributed by atoms with E-state index in [1.165, 1.54) is 0 Å². The zero-order chi connectivity index (χ0) is 12.4. The van der Waals surface area contributed by atoms with Gasteiger partial charge in [-0.15, -0.1) is 0 Å². The third-order valence-corrected chi connectivity index (χ3v) is 2.87. The Balaban J connectivity index is 2.07. The van der Waals surface area contributed by atoms with E-state index in [1.54, 1.807) is 12.4 Å². The van der Waals surface area contributed by atoms with Crippen LogP contribution in [0.15, 0.2) is 54.9 Å². The summed E-state index contributed by atoms with van der Waals surface area (Å²) in [4.78, 5) is 8.54. The summed E-state index contributed by atoms with van der Waals surface area (Å²) in [7, 11) is 0. The Hall–Kier alpha value is -2.13. The minimum Gasteiger partial charge on any atom is -0.340 e. The number of fused-ring (bicyclic) bond motifs is 1. The van der Waals surface area contributed by atoms with Crippen molar-refractivity contribution in [3.05, 3.63) is 59.9 Å². The van der Waals surface area contributed by atoms with Gasteiger partial charge in [-0.3, -0.25) is 4.98 Å². The van der Waals surface area contributed by atoms with Crippen LogP contribution in [-0.4, -0.2) is 9.97 Å². The number of halogens is 1. The van der Waals surface area contributed by atoms with Gasteiger partial charge in [-0.1, -0.05) is 17.7 Å². The maximum absolute atomic E-state index is 5.96. The van der Waals surface area contributed by atoms with Crippen molar-refractivity contribution in [1.29, 1.82) is 0 Å². The molecule has 88 valence electrons. The fourth-order valence-corrected chi connectivity index (χ4v) is 1.97. The summed E-state index contributed by atoms with van der Waals surface area (Å²) >= 11 is 5.96. The summed E-state index contributed by atoms with van der Waals surface area (Å²) in [6, 6.07) is 13.3. The van der Waals surface area contributed by atoms with E-state index in [0.717, 1.165) is 22.4 Å². The van der Waals surface area contributed by atoms with E-state index in [4.69, 9.17) is 11.6 Å². The smallest absolute Gasteiger partial charge is 0.130 e. The van der Waals surface area contributed by atoms with Crippen LogP contribution in [0, 0.1) is 0 Å². The molecule has 0 aliphatic carbocycles. The van der Waals surface area contributed by atoms with Gasteiger partial charge in [-0.2, -0.15) is 0 Å². The molecule has 1 aromatic carbocycles. The number of rotatable bonds is 2. The lowest BCUT2D eigenvalue weighted by Gasteiger charge is -2.08. The first-order valence-corrected chi connectivity index (χ1v) is 5.93. The lowest BCUT2D eigenvalue weighted by Crippen LogP contribution is -1.94. The summed E-state index contributed by atoms with van der Waals surface area (Å²) in [5, 5.41) is 4.98. The molecule has 0 unspecified atom stereocenters. The lowest BCUT2D eigenvalue weighted by molar-refractivity contribution is 1.31. The van der Waals surface area contributed by atoms with Gasteiger partial charge in [0.25, 0.3) is 0 Å². The van der Waals surface area contributed by atoms with Gasteiger partial charge >= 0.3 is 0 Å². The Kier molecular flexibility index (Phi) is 2.82. The second kappa shape index (κ2) is 4.63. The first-order chi connectivity index (χ1) is 8.83. The van der Waals surface area contributed by atoms with Crippen molar-refractivity contribution in [2.75, 3.05) is 5.32 Å². The first kappa shape index (κ1) is 11.0. The maximum atomic E-state index is 5.96. The zero-order valence-corrected chi connectivity index (χ0v) is 10.2. The lowest BCUT2D eigenvalue weighted by atomic mass is 10.2. The van der Waals surface area contributed by atoms with Gasteiger partial charge in [0.2, 0.25) is 0 Å². The largest absolute Gasteiger partial charge is 0.340 e. The maximum Gasteiger partial charge on any atom is 0.130 e. The molecule has 0 saturated carbocycles. The normalized spacial score (nSPS) is 10.5. The predicted molar refractivity (Wildman–Crippen MR) is 74.3 cm³/mol. The van der Waals surface area contributed by atoms with Crippen LogP contribution in [0.2, 0.25) is 5.02 Å². The number of hydrogen-bond acceptors (Lipinski definition) is 3. The Morgan fingerprint density at radius 3 is 2.72 bits per heavy atom. The molecule has 3 aromatic rings. The van der Waals surface area contributed by atoms with E-state index >= 15 is 0 Å². The van der Waals surface area contributed by atoms with Crippen LogP contribution < -0.4 is 5.32 Å². The summed E-state index contributed by atoms with van der Waals surface area (Å²) in [5.41, 5.74) is 1.83. The molecule has 2 heterocycles. The third-order valence-electron chi connectivity index (χ3n) is 2.63. The van der Waals surface area contributed by atoms with Crippen LogP contribution >= 0.6 is 11.6 Å². The summed E-state index contributed by atoms with van der Waals surface area (Å²) in [5.74, 6) is 0.806. The van der Waals surface area contributed by atoms with Crippen LogP contribution in [0.1, 0.15) is 0 Å². The molecule has 0 aliphatic rings. The number of hydrogen-bond donors (Lipinski definition) is 1. The van der Waals surface area contributed by atoms with Crippen molar-refractivity contribution >= 4 is 34.0 Å². The van der Waals surface area contributed by atoms with E-state index in [-0.39, 0.29) is 0 Å². The van der Waals surface area contributed by atoms with Gasteiger partial charge in [-0.05, 0) is 36.4 Å². The Morgan fingerprint density at radius 1 is 0.944 bits per heavy atom. The summed E-state index contributed by atoms with van der Waals surface area (Å²) in [6.45, 7) is 0. The number of nitrogens with zero attached hydrogens (tertiary/aromatic N) is 2. The van der Waals surface area contributed by atoms with E-state index in [9.17, 15) is 0 Å². The van der Waals surface area contributed by atoms with Crippen LogP contribution in [0.25, 0.3) is 10.9 Å². The van der Waals surface area contributed by atoms with Gasteiger partial charge in [0.05, 0.1) is 11.2 Å². The second-order valence-corrected chi connectivity index (χ2v) is 4.30. The Morgan fingerprint density at radius 2 is 1.89 bits per heavy atom. The van der Waals surface area contributed by atoms with Crippen molar-refractivity contribution in [1.82, 2.24) is 9.97 Å². The fraction of sp³-hybridized carbons (Fsp3) is 0. The monoisotopic (exact) mass is 255 g/mol. The number of aromatic nitrogens is 2. The summed E-state index contributed by atoms with van der Waals surface area (Å²) in [6.07, 6.45) is 3.51. The van der Waals surface area contributed by atoms with Crippen LogP contribution in [-0.2, 0) is 0 Å². The van der Waals surface area contributed by atoms with Crippen molar-refractivity contribution < 1.29 is 0 Å². The Labute approximate surface area is 109 Å². The van der Waals surface area contributed by atoms with Crippen molar-refractivity contribution in [2.24, 2.45) is 0 Å². The molecule has 0 amide bonds. The minimum atomic E-state index is 0.685. The highest BCUT2D eigenvalue weighted by Crippen LogP contribution is 2.26. The Bertz CT molecular complexity index is 683. The fourth-order valence-electron chi connectivity index (χ4n) is 1.80. The molecule has 0 radical (unpaired) electrons. The highest BCUT2D eigenvalue weighted by molar-refractivity contribution is 6.31.